The van der Waals surface area contributed by atoms with Crippen LogP contribution in [0, 0.1) is 0 Å². The fourth-order valence-electron chi connectivity index (χ4n) is 4.17. The van der Waals surface area contributed by atoms with Gasteiger partial charge < -0.3 is 14.8 Å². The Kier molecular flexibility index (Phi) is 6.67. The normalized spacial score (nSPS) is 15.5. The van der Waals surface area contributed by atoms with Crippen molar-refractivity contribution >= 4 is 0 Å². The van der Waals surface area contributed by atoms with E-state index < -0.39 is 0 Å². The number of rotatable bonds is 7. The predicted molar refractivity (Wildman–Crippen MR) is 122 cm³/mol. The van der Waals surface area contributed by atoms with Crippen molar-refractivity contribution in [2.75, 3.05) is 39.9 Å². The van der Waals surface area contributed by atoms with Gasteiger partial charge in [0, 0.05) is 26.2 Å². The Morgan fingerprint density at radius 1 is 0.833 bits per heavy atom. The lowest BCUT2D eigenvalue weighted by Crippen LogP contribution is -2.45. The van der Waals surface area contributed by atoms with E-state index in [1.165, 1.54) is 22.3 Å². The summed E-state index contributed by atoms with van der Waals surface area (Å²) in [5, 5.41) is 3.47. The lowest BCUT2D eigenvalue weighted by Gasteiger charge is -2.36. The lowest BCUT2D eigenvalue weighted by atomic mass is 9.94. The minimum absolute atomic E-state index is 0.182. The van der Waals surface area contributed by atoms with Crippen LogP contribution >= 0.6 is 0 Å². The van der Waals surface area contributed by atoms with Crippen molar-refractivity contribution in [3.05, 3.63) is 83.9 Å². The summed E-state index contributed by atoms with van der Waals surface area (Å²) in [6.07, 6.45) is 0. The Morgan fingerprint density at radius 3 is 2.17 bits per heavy atom. The second kappa shape index (κ2) is 9.79. The van der Waals surface area contributed by atoms with Crippen LogP contribution in [0.2, 0.25) is 0 Å². The van der Waals surface area contributed by atoms with Crippen LogP contribution in [-0.2, 0) is 0 Å². The van der Waals surface area contributed by atoms with Crippen molar-refractivity contribution < 1.29 is 9.47 Å². The van der Waals surface area contributed by atoms with Crippen LogP contribution < -0.4 is 14.8 Å². The number of nitrogens with zero attached hydrogens (tertiary/aromatic N) is 1. The average Bonchev–Trinajstić information content (AvgIpc) is 2.82. The molecule has 0 aromatic heterocycles. The summed E-state index contributed by atoms with van der Waals surface area (Å²) in [6.45, 7) is 6.66. The van der Waals surface area contributed by atoms with Crippen LogP contribution in [0.15, 0.2) is 72.8 Å². The van der Waals surface area contributed by atoms with Crippen molar-refractivity contribution in [2.24, 2.45) is 0 Å². The highest BCUT2D eigenvalue weighted by Crippen LogP contribution is 2.36. The van der Waals surface area contributed by atoms with Gasteiger partial charge in [-0.25, -0.2) is 0 Å². The van der Waals surface area contributed by atoms with E-state index in [4.69, 9.17) is 9.47 Å². The Morgan fingerprint density at radius 2 is 1.50 bits per heavy atom. The van der Waals surface area contributed by atoms with Gasteiger partial charge in [-0.2, -0.15) is 0 Å². The summed E-state index contributed by atoms with van der Waals surface area (Å²) in [4.78, 5) is 2.54. The maximum absolute atomic E-state index is 5.73. The molecule has 3 aromatic carbocycles. The number of methoxy groups -OCH3 is 1. The van der Waals surface area contributed by atoms with Gasteiger partial charge in [-0.1, -0.05) is 60.7 Å². The molecule has 0 aliphatic carbocycles. The third kappa shape index (κ3) is 4.50. The Hall–Kier alpha value is -2.82. The maximum Gasteiger partial charge on any atom is 0.161 e. The zero-order valence-electron chi connectivity index (χ0n) is 17.8. The standard InChI is InChI=1S/C26H30N2O2/c1-3-30-24-14-13-23(19-25(24)29-2)26(28-17-15-27-16-18-28)22-11-9-21(10-12-22)20-7-5-4-6-8-20/h4-14,19,26-27H,3,15-18H2,1-2H3. The molecule has 0 spiro atoms. The number of hydrogen-bond acceptors (Lipinski definition) is 4. The van der Waals surface area contributed by atoms with E-state index in [0.29, 0.717) is 6.61 Å². The topological polar surface area (TPSA) is 33.7 Å². The molecule has 1 saturated heterocycles. The minimum Gasteiger partial charge on any atom is -0.493 e. The van der Waals surface area contributed by atoms with Gasteiger partial charge in [0.25, 0.3) is 0 Å². The van der Waals surface area contributed by atoms with Crippen molar-refractivity contribution in [1.82, 2.24) is 10.2 Å². The molecule has 0 saturated carbocycles. The molecule has 4 nitrogen and oxygen atoms in total. The Bertz CT molecular complexity index is 935. The van der Waals surface area contributed by atoms with Gasteiger partial charge in [0.2, 0.25) is 0 Å². The Labute approximate surface area is 179 Å². The fourth-order valence-corrected chi connectivity index (χ4v) is 4.17. The van der Waals surface area contributed by atoms with Crippen LogP contribution in [0.4, 0.5) is 0 Å². The highest BCUT2D eigenvalue weighted by atomic mass is 16.5. The quantitative estimate of drug-likeness (QED) is 0.618. The summed E-state index contributed by atoms with van der Waals surface area (Å²) in [5.74, 6) is 1.58. The molecule has 1 unspecified atom stereocenters. The monoisotopic (exact) mass is 402 g/mol. The van der Waals surface area contributed by atoms with Gasteiger partial charge in [-0.05, 0) is 41.3 Å². The SMILES string of the molecule is CCOc1ccc(C(c2ccc(-c3ccccc3)cc2)N2CCNCC2)cc1OC. The van der Waals surface area contributed by atoms with Crippen molar-refractivity contribution in [3.63, 3.8) is 0 Å². The molecular formula is C26H30N2O2. The number of piperazine rings is 1. The number of hydrogen-bond donors (Lipinski definition) is 1. The molecule has 0 bridgehead atoms. The lowest BCUT2D eigenvalue weighted by molar-refractivity contribution is 0.198. The second-order valence-corrected chi connectivity index (χ2v) is 7.52. The smallest absolute Gasteiger partial charge is 0.161 e. The number of nitrogens with one attached hydrogen (secondary N) is 1. The third-order valence-corrected chi connectivity index (χ3v) is 5.65. The molecule has 0 radical (unpaired) electrons. The van der Waals surface area contributed by atoms with E-state index in [2.05, 4.69) is 76.9 Å². The number of benzene rings is 3. The molecular weight excluding hydrogens is 372 g/mol. The van der Waals surface area contributed by atoms with E-state index in [1.54, 1.807) is 7.11 Å². The first kappa shape index (κ1) is 20.5. The molecule has 4 rings (SSSR count). The molecule has 0 amide bonds. The van der Waals surface area contributed by atoms with Crippen LogP contribution in [-0.4, -0.2) is 44.8 Å². The maximum atomic E-state index is 5.73. The van der Waals surface area contributed by atoms with Gasteiger partial charge in [0.15, 0.2) is 11.5 Å². The van der Waals surface area contributed by atoms with Gasteiger partial charge in [-0.3, -0.25) is 4.90 Å². The molecule has 1 atom stereocenters. The van der Waals surface area contributed by atoms with Crippen molar-refractivity contribution in [2.45, 2.75) is 13.0 Å². The Balaban J connectivity index is 1.70. The van der Waals surface area contributed by atoms with Crippen LogP contribution in [0.5, 0.6) is 11.5 Å². The zero-order chi connectivity index (χ0) is 20.8. The van der Waals surface area contributed by atoms with Gasteiger partial charge in [-0.15, -0.1) is 0 Å². The fraction of sp³-hybridized carbons (Fsp3) is 0.308. The summed E-state index contributed by atoms with van der Waals surface area (Å²) in [6, 6.07) is 26.0. The van der Waals surface area contributed by atoms with Crippen molar-refractivity contribution in [3.8, 4) is 22.6 Å². The van der Waals surface area contributed by atoms with E-state index in [-0.39, 0.29) is 6.04 Å². The third-order valence-electron chi connectivity index (χ3n) is 5.65. The first-order chi connectivity index (χ1) is 14.8. The average molecular weight is 403 g/mol. The van der Waals surface area contributed by atoms with Crippen molar-refractivity contribution in [1.29, 1.82) is 0 Å². The van der Waals surface area contributed by atoms with E-state index in [0.717, 1.165) is 37.7 Å². The molecule has 1 aliphatic rings. The molecule has 156 valence electrons. The molecule has 30 heavy (non-hydrogen) atoms. The predicted octanol–water partition coefficient (Wildman–Crippen LogP) is 4.76. The molecule has 4 heteroatoms. The second-order valence-electron chi connectivity index (χ2n) is 7.52. The van der Waals surface area contributed by atoms with Crippen LogP contribution in [0.3, 0.4) is 0 Å². The number of ether oxygens (including phenoxy) is 2. The van der Waals surface area contributed by atoms with Gasteiger partial charge in [0.05, 0.1) is 19.8 Å². The van der Waals surface area contributed by atoms with Crippen LogP contribution in [0.25, 0.3) is 11.1 Å². The molecule has 1 heterocycles. The molecule has 3 aromatic rings. The molecule has 1 aliphatic heterocycles. The van der Waals surface area contributed by atoms with Crippen LogP contribution in [0.1, 0.15) is 24.1 Å². The van der Waals surface area contributed by atoms with E-state index >= 15 is 0 Å². The highest BCUT2D eigenvalue weighted by Gasteiger charge is 2.25. The summed E-state index contributed by atoms with van der Waals surface area (Å²) >= 11 is 0. The first-order valence-electron chi connectivity index (χ1n) is 10.7. The summed E-state index contributed by atoms with van der Waals surface area (Å²) < 4.78 is 11.4. The van der Waals surface area contributed by atoms with Gasteiger partial charge in [0.1, 0.15) is 0 Å². The summed E-state index contributed by atoms with van der Waals surface area (Å²) in [7, 11) is 1.70. The highest BCUT2D eigenvalue weighted by molar-refractivity contribution is 5.63. The van der Waals surface area contributed by atoms with E-state index in [9.17, 15) is 0 Å². The largest absolute Gasteiger partial charge is 0.493 e. The summed E-state index contributed by atoms with van der Waals surface area (Å²) in [5.41, 5.74) is 5.00. The van der Waals surface area contributed by atoms with E-state index in [1.807, 2.05) is 13.0 Å². The molecule has 1 fully saturated rings. The minimum atomic E-state index is 0.182. The zero-order valence-corrected chi connectivity index (χ0v) is 17.8. The molecule has 1 N–H and O–H groups in total. The van der Waals surface area contributed by atoms with Gasteiger partial charge >= 0.3 is 0 Å². The first-order valence-corrected chi connectivity index (χ1v) is 10.7.